The number of hydrogen-bond donors (Lipinski definition) is 0. The van der Waals surface area contributed by atoms with E-state index in [1.54, 1.807) is 22.9 Å². The molecule has 3 aromatic heterocycles. The lowest BCUT2D eigenvalue weighted by atomic mass is 10.2. The fourth-order valence-electron chi connectivity index (χ4n) is 2.85. The maximum atomic E-state index is 12.3. The van der Waals surface area contributed by atoms with Gasteiger partial charge in [-0.25, -0.2) is 4.98 Å². The maximum absolute atomic E-state index is 12.3. The molecule has 25 heavy (non-hydrogen) atoms. The van der Waals surface area contributed by atoms with Gasteiger partial charge in [-0.15, -0.1) is 0 Å². The summed E-state index contributed by atoms with van der Waals surface area (Å²) in [6, 6.07) is 15.1. The average Bonchev–Trinajstić information content (AvgIpc) is 2.93. The molecule has 0 aliphatic rings. The van der Waals surface area contributed by atoms with Gasteiger partial charge < -0.3 is 9.13 Å². The topological polar surface area (TPSA) is 52.7 Å². The molecule has 0 saturated carbocycles. The van der Waals surface area contributed by atoms with Gasteiger partial charge >= 0.3 is 0 Å². The Hall–Kier alpha value is -2.73. The first-order valence-corrected chi connectivity index (χ1v) is 8.64. The van der Waals surface area contributed by atoms with Crippen molar-refractivity contribution in [2.45, 2.75) is 6.54 Å². The Balaban J connectivity index is 1.76. The zero-order valence-electron chi connectivity index (χ0n) is 13.6. The van der Waals surface area contributed by atoms with Crippen LogP contribution in [0.4, 0.5) is 0 Å². The SMILES string of the molecule is Cn1c(Cn2cc(-c3ccccn3)ccc2=O)nc2ccc(Br)cc21. The van der Waals surface area contributed by atoms with E-state index >= 15 is 0 Å². The predicted molar refractivity (Wildman–Crippen MR) is 101 cm³/mol. The van der Waals surface area contributed by atoms with Gasteiger partial charge in [-0.05, 0) is 36.4 Å². The molecule has 0 aliphatic heterocycles. The summed E-state index contributed by atoms with van der Waals surface area (Å²) < 4.78 is 4.68. The summed E-state index contributed by atoms with van der Waals surface area (Å²) in [7, 11) is 1.96. The molecular formula is C19H15BrN4O. The Kier molecular flexibility index (Phi) is 3.97. The lowest BCUT2D eigenvalue weighted by Crippen LogP contribution is -2.20. The molecular weight excluding hydrogens is 380 g/mol. The van der Waals surface area contributed by atoms with E-state index in [2.05, 4.69) is 25.9 Å². The quantitative estimate of drug-likeness (QED) is 0.533. The number of aryl methyl sites for hydroxylation is 1. The molecule has 0 N–H and O–H groups in total. The van der Waals surface area contributed by atoms with Gasteiger partial charge in [0, 0.05) is 35.5 Å². The molecule has 0 bridgehead atoms. The van der Waals surface area contributed by atoms with Crippen LogP contribution in [0, 0.1) is 0 Å². The summed E-state index contributed by atoms with van der Waals surface area (Å²) in [5.41, 5.74) is 3.62. The third-order valence-corrected chi connectivity index (χ3v) is 4.68. The summed E-state index contributed by atoms with van der Waals surface area (Å²) in [4.78, 5) is 21.3. The van der Waals surface area contributed by atoms with Crippen molar-refractivity contribution < 1.29 is 0 Å². The average molecular weight is 395 g/mol. The zero-order valence-corrected chi connectivity index (χ0v) is 15.1. The van der Waals surface area contributed by atoms with Gasteiger partial charge in [0.1, 0.15) is 5.82 Å². The summed E-state index contributed by atoms with van der Waals surface area (Å²) >= 11 is 3.49. The van der Waals surface area contributed by atoms with Crippen molar-refractivity contribution in [3.8, 4) is 11.3 Å². The molecule has 124 valence electrons. The van der Waals surface area contributed by atoms with Crippen LogP contribution in [0.2, 0.25) is 0 Å². The first-order chi connectivity index (χ1) is 12.1. The first-order valence-electron chi connectivity index (χ1n) is 7.84. The lowest BCUT2D eigenvalue weighted by Gasteiger charge is -2.08. The second kappa shape index (κ2) is 6.29. The summed E-state index contributed by atoms with van der Waals surface area (Å²) in [5.74, 6) is 0.827. The molecule has 0 unspecified atom stereocenters. The Labute approximate surface area is 152 Å². The standard InChI is InChI=1S/C19H15BrN4O/c1-23-17-10-14(20)6-7-16(17)22-18(23)12-24-11-13(5-8-19(24)25)15-4-2-3-9-21-15/h2-11H,12H2,1H3. The van der Waals surface area contributed by atoms with Gasteiger partial charge in [-0.2, -0.15) is 0 Å². The molecule has 4 rings (SSSR count). The van der Waals surface area contributed by atoms with Crippen LogP contribution >= 0.6 is 15.9 Å². The van der Waals surface area contributed by atoms with E-state index < -0.39 is 0 Å². The van der Waals surface area contributed by atoms with E-state index in [4.69, 9.17) is 0 Å². The monoisotopic (exact) mass is 394 g/mol. The number of benzene rings is 1. The van der Waals surface area contributed by atoms with E-state index in [0.29, 0.717) is 6.54 Å². The summed E-state index contributed by atoms with van der Waals surface area (Å²) in [6.45, 7) is 0.405. The highest BCUT2D eigenvalue weighted by Crippen LogP contribution is 2.21. The van der Waals surface area contributed by atoms with E-state index in [0.717, 1.165) is 32.6 Å². The highest BCUT2D eigenvalue weighted by atomic mass is 79.9. The van der Waals surface area contributed by atoms with Gasteiger partial charge in [0.15, 0.2) is 0 Å². The van der Waals surface area contributed by atoms with Gasteiger partial charge in [0.25, 0.3) is 5.56 Å². The zero-order chi connectivity index (χ0) is 17.4. The van der Waals surface area contributed by atoms with Crippen LogP contribution in [-0.2, 0) is 13.6 Å². The Morgan fingerprint density at radius 2 is 2.00 bits per heavy atom. The largest absolute Gasteiger partial charge is 0.330 e. The van der Waals surface area contributed by atoms with Crippen molar-refractivity contribution in [3.63, 3.8) is 0 Å². The Morgan fingerprint density at radius 1 is 1.12 bits per heavy atom. The Bertz CT molecular complexity index is 1120. The predicted octanol–water partition coefficient (Wildman–Crippen LogP) is 3.61. The second-order valence-electron chi connectivity index (χ2n) is 5.82. The fraction of sp³-hybridized carbons (Fsp3) is 0.105. The fourth-order valence-corrected chi connectivity index (χ4v) is 3.20. The molecule has 1 aromatic carbocycles. The third kappa shape index (κ3) is 3.00. The maximum Gasteiger partial charge on any atom is 0.250 e. The molecule has 3 heterocycles. The van der Waals surface area contributed by atoms with Crippen molar-refractivity contribution >= 4 is 27.0 Å². The van der Waals surface area contributed by atoms with Crippen molar-refractivity contribution in [2.75, 3.05) is 0 Å². The number of pyridine rings is 2. The molecule has 0 radical (unpaired) electrons. The minimum atomic E-state index is -0.0621. The first kappa shape index (κ1) is 15.8. The molecule has 0 aliphatic carbocycles. The minimum Gasteiger partial charge on any atom is -0.330 e. The molecule has 4 aromatic rings. The van der Waals surface area contributed by atoms with Crippen LogP contribution < -0.4 is 5.56 Å². The van der Waals surface area contributed by atoms with E-state index in [-0.39, 0.29) is 5.56 Å². The van der Waals surface area contributed by atoms with E-state index in [9.17, 15) is 4.79 Å². The van der Waals surface area contributed by atoms with Crippen LogP contribution in [-0.4, -0.2) is 19.1 Å². The minimum absolute atomic E-state index is 0.0621. The van der Waals surface area contributed by atoms with Crippen LogP contribution in [0.15, 0.2) is 70.2 Å². The second-order valence-corrected chi connectivity index (χ2v) is 6.73. The number of rotatable bonds is 3. The third-order valence-electron chi connectivity index (χ3n) is 4.19. The molecule has 0 spiro atoms. The van der Waals surface area contributed by atoms with Crippen LogP contribution in [0.1, 0.15) is 5.82 Å². The number of halogens is 1. The lowest BCUT2D eigenvalue weighted by molar-refractivity contribution is 0.686. The van der Waals surface area contributed by atoms with Crippen molar-refractivity contribution in [1.29, 1.82) is 0 Å². The molecule has 0 fully saturated rings. The number of hydrogen-bond acceptors (Lipinski definition) is 3. The van der Waals surface area contributed by atoms with Gasteiger partial charge in [0.05, 0.1) is 23.3 Å². The van der Waals surface area contributed by atoms with Crippen molar-refractivity contribution in [1.82, 2.24) is 19.1 Å². The highest BCUT2D eigenvalue weighted by molar-refractivity contribution is 9.10. The number of nitrogens with zero attached hydrogens (tertiary/aromatic N) is 4. The van der Waals surface area contributed by atoms with Crippen molar-refractivity contribution in [2.24, 2.45) is 7.05 Å². The van der Waals surface area contributed by atoms with Crippen molar-refractivity contribution in [3.05, 3.63) is 81.6 Å². The molecule has 0 saturated heterocycles. The summed E-state index contributed by atoms with van der Waals surface area (Å²) in [5, 5.41) is 0. The molecule has 5 nitrogen and oxygen atoms in total. The smallest absolute Gasteiger partial charge is 0.250 e. The van der Waals surface area contributed by atoms with Crippen LogP contribution in [0.25, 0.3) is 22.3 Å². The molecule has 6 heteroatoms. The van der Waals surface area contributed by atoms with Gasteiger partial charge in [-0.1, -0.05) is 22.0 Å². The molecule has 0 atom stereocenters. The molecule has 0 amide bonds. The number of imidazole rings is 1. The van der Waals surface area contributed by atoms with Crippen LogP contribution in [0.5, 0.6) is 0 Å². The highest BCUT2D eigenvalue weighted by Gasteiger charge is 2.10. The summed E-state index contributed by atoms with van der Waals surface area (Å²) in [6.07, 6.45) is 3.58. The van der Waals surface area contributed by atoms with E-state index in [1.807, 2.05) is 54.2 Å². The van der Waals surface area contributed by atoms with Gasteiger partial charge in [0.2, 0.25) is 0 Å². The normalized spacial score (nSPS) is 11.1. The van der Waals surface area contributed by atoms with Gasteiger partial charge in [-0.3, -0.25) is 9.78 Å². The number of fused-ring (bicyclic) bond motifs is 1. The van der Waals surface area contributed by atoms with E-state index in [1.165, 1.54) is 0 Å². The number of aromatic nitrogens is 4. The van der Waals surface area contributed by atoms with Crippen LogP contribution in [0.3, 0.4) is 0 Å². The Morgan fingerprint density at radius 3 is 2.80 bits per heavy atom.